The molecule has 2 heterocycles. The topological polar surface area (TPSA) is 93.4 Å². The zero-order valence-electron chi connectivity index (χ0n) is 24.2. The summed E-state index contributed by atoms with van der Waals surface area (Å²) in [5, 5.41) is 14.4. The minimum Gasteiger partial charge on any atom is -0.494 e. The van der Waals surface area contributed by atoms with Crippen molar-refractivity contribution in [3.05, 3.63) is 117 Å². The van der Waals surface area contributed by atoms with Crippen molar-refractivity contribution in [2.24, 2.45) is 5.16 Å². The fraction of sp³-hybridized carbons (Fsp3) is 0.219. The number of rotatable bonds is 7. The summed E-state index contributed by atoms with van der Waals surface area (Å²) in [6.45, 7) is 0.955. The van der Waals surface area contributed by atoms with Crippen molar-refractivity contribution in [2.75, 3.05) is 25.7 Å². The standard InChI is InChI=1S/C32H26F5N3O5/c1-17-20(15-21-22(32(35,36)37)12-8-13-23(21)33)29-39(31(42)43)16-24(28(38-45-3)18-9-5-4-6-10-18)40(29)30(41)26(17)19-11-7-14-25(44-2)27(19)34/h4-14,24H,15-16H2,1-3H3,(H,42,43). The minimum atomic E-state index is -4.96. The zero-order chi connectivity index (χ0) is 32.6. The van der Waals surface area contributed by atoms with Crippen LogP contribution in [0.15, 0.2) is 76.7 Å². The Bertz CT molecular complexity index is 1870. The number of oxime groups is 1. The third-order valence-corrected chi connectivity index (χ3v) is 7.72. The number of alkyl halides is 3. The Morgan fingerprint density at radius 2 is 1.69 bits per heavy atom. The molecule has 234 valence electrons. The highest BCUT2D eigenvalue weighted by molar-refractivity contribution is 6.05. The molecular formula is C32H26F5N3O5. The second kappa shape index (κ2) is 12.1. The summed E-state index contributed by atoms with van der Waals surface area (Å²) in [6.07, 6.45) is -7.26. The molecule has 13 heteroatoms. The maximum Gasteiger partial charge on any atom is 0.416 e. The molecule has 1 aliphatic heterocycles. The number of anilines is 1. The minimum absolute atomic E-state index is 0.0355. The number of halogens is 5. The lowest BCUT2D eigenvalue weighted by Crippen LogP contribution is -2.31. The molecule has 1 unspecified atom stereocenters. The number of amides is 1. The van der Waals surface area contributed by atoms with Gasteiger partial charge in [0, 0.05) is 28.7 Å². The van der Waals surface area contributed by atoms with Crippen molar-refractivity contribution in [3.8, 4) is 16.9 Å². The summed E-state index contributed by atoms with van der Waals surface area (Å²) in [5.41, 5.74) is -2.98. The second-order valence-electron chi connectivity index (χ2n) is 10.2. The first-order valence-electron chi connectivity index (χ1n) is 13.5. The average Bonchev–Trinajstić information content (AvgIpc) is 3.40. The third-order valence-electron chi connectivity index (χ3n) is 7.72. The number of hydrogen-bond donors (Lipinski definition) is 1. The van der Waals surface area contributed by atoms with Crippen molar-refractivity contribution in [1.29, 1.82) is 0 Å². The van der Waals surface area contributed by atoms with E-state index in [9.17, 15) is 27.9 Å². The molecule has 0 saturated carbocycles. The maximum atomic E-state index is 15.7. The normalized spacial score (nSPS) is 14.8. The Labute approximate surface area is 253 Å². The largest absolute Gasteiger partial charge is 0.494 e. The zero-order valence-corrected chi connectivity index (χ0v) is 24.2. The van der Waals surface area contributed by atoms with E-state index >= 15 is 8.78 Å². The van der Waals surface area contributed by atoms with E-state index < -0.39 is 59.6 Å². The van der Waals surface area contributed by atoms with Crippen LogP contribution in [-0.2, 0) is 17.4 Å². The lowest BCUT2D eigenvalue weighted by molar-refractivity contribution is -0.138. The summed E-state index contributed by atoms with van der Waals surface area (Å²) < 4.78 is 79.3. The fourth-order valence-electron chi connectivity index (χ4n) is 5.73. The predicted molar refractivity (Wildman–Crippen MR) is 156 cm³/mol. The SMILES string of the molecule is CON=C(c1ccccc1)C1CN(C(=O)O)c2c(Cc3c(F)cccc3C(F)(F)F)c(C)c(-c3cccc(OC)c3F)c(=O)n21. The van der Waals surface area contributed by atoms with Crippen molar-refractivity contribution in [1.82, 2.24) is 4.57 Å². The van der Waals surface area contributed by atoms with Gasteiger partial charge in [-0.05, 0) is 30.7 Å². The van der Waals surface area contributed by atoms with Gasteiger partial charge in [-0.2, -0.15) is 13.2 Å². The lowest BCUT2D eigenvalue weighted by Gasteiger charge is -2.23. The van der Waals surface area contributed by atoms with Gasteiger partial charge in [-0.3, -0.25) is 14.3 Å². The first-order valence-corrected chi connectivity index (χ1v) is 13.5. The Morgan fingerprint density at radius 3 is 2.31 bits per heavy atom. The molecule has 5 rings (SSSR count). The van der Waals surface area contributed by atoms with Gasteiger partial charge in [0.1, 0.15) is 30.5 Å². The van der Waals surface area contributed by atoms with Crippen LogP contribution in [-0.4, -0.2) is 42.2 Å². The van der Waals surface area contributed by atoms with E-state index in [4.69, 9.17) is 9.57 Å². The molecule has 0 aliphatic carbocycles. The number of hydrogen-bond acceptors (Lipinski definition) is 5. The van der Waals surface area contributed by atoms with E-state index in [0.717, 1.165) is 21.6 Å². The van der Waals surface area contributed by atoms with Gasteiger partial charge in [0.05, 0.1) is 24.8 Å². The molecule has 0 radical (unpaired) electrons. The van der Waals surface area contributed by atoms with Crippen LogP contribution in [0.25, 0.3) is 11.1 Å². The molecule has 1 aromatic heterocycles. The van der Waals surface area contributed by atoms with Crippen LogP contribution < -0.4 is 15.2 Å². The molecule has 0 spiro atoms. The smallest absolute Gasteiger partial charge is 0.416 e. The van der Waals surface area contributed by atoms with Crippen LogP contribution in [0.4, 0.5) is 32.6 Å². The molecule has 45 heavy (non-hydrogen) atoms. The number of aromatic nitrogens is 1. The predicted octanol–water partition coefficient (Wildman–Crippen LogP) is 6.81. The molecule has 4 aromatic rings. The van der Waals surface area contributed by atoms with Crippen LogP contribution in [0.1, 0.15) is 33.9 Å². The average molecular weight is 628 g/mol. The van der Waals surface area contributed by atoms with Gasteiger partial charge >= 0.3 is 12.3 Å². The van der Waals surface area contributed by atoms with Crippen molar-refractivity contribution >= 4 is 17.6 Å². The molecule has 3 aromatic carbocycles. The summed E-state index contributed by atoms with van der Waals surface area (Å²) in [4.78, 5) is 32.9. The molecule has 1 aliphatic rings. The van der Waals surface area contributed by atoms with E-state index in [-0.39, 0.29) is 39.5 Å². The number of benzene rings is 3. The van der Waals surface area contributed by atoms with Crippen LogP contribution in [0.2, 0.25) is 0 Å². The molecule has 0 saturated heterocycles. The molecule has 0 bridgehead atoms. The van der Waals surface area contributed by atoms with Crippen LogP contribution in [0.3, 0.4) is 0 Å². The van der Waals surface area contributed by atoms with Gasteiger partial charge in [0.25, 0.3) is 5.56 Å². The van der Waals surface area contributed by atoms with Gasteiger partial charge in [0.15, 0.2) is 11.6 Å². The number of pyridine rings is 1. The Balaban J connectivity index is 1.91. The molecule has 8 nitrogen and oxygen atoms in total. The molecular weight excluding hydrogens is 601 g/mol. The summed E-state index contributed by atoms with van der Waals surface area (Å²) >= 11 is 0. The van der Waals surface area contributed by atoms with Crippen molar-refractivity contribution in [2.45, 2.75) is 25.6 Å². The van der Waals surface area contributed by atoms with Gasteiger partial charge in [-0.25, -0.2) is 13.6 Å². The molecule has 1 atom stereocenters. The van der Waals surface area contributed by atoms with Crippen LogP contribution in [0.5, 0.6) is 5.75 Å². The van der Waals surface area contributed by atoms with Crippen LogP contribution in [0, 0.1) is 18.6 Å². The van der Waals surface area contributed by atoms with Gasteiger partial charge in [0.2, 0.25) is 0 Å². The first kappa shape index (κ1) is 31.2. The fourth-order valence-corrected chi connectivity index (χ4v) is 5.73. The monoisotopic (exact) mass is 627 g/mol. The van der Waals surface area contributed by atoms with E-state index in [0.29, 0.717) is 11.6 Å². The van der Waals surface area contributed by atoms with Gasteiger partial charge < -0.3 is 14.7 Å². The van der Waals surface area contributed by atoms with Gasteiger partial charge in [-0.15, -0.1) is 0 Å². The number of nitrogens with zero attached hydrogens (tertiary/aromatic N) is 3. The first-order chi connectivity index (χ1) is 21.4. The molecule has 0 fully saturated rings. The number of carbonyl (C=O) groups is 1. The highest BCUT2D eigenvalue weighted by Crippen LogP contribution is 2.42. The second-order valence-corrected chi connectivity index (χ2v) is 10.2. The van der Waals surface area contributed by atoms with Gasteiger partial charge in [-0.1, -0.05) is 53.7 Å². The number of ether oxygens (including phenoxy) is 1. The molecule has 1 N–H and O–H groups in total. The Hall–Kier alpha value is -5.20. The van der Waals surface area contributed by atoms with E-state index in [1.54, 1.807) is 30.3 Å². The highest BCUT2D eigenvalue weighted by atomic mass is 19.4. The molecule has 1 amide bonds. The number of fused-ring (bicyclic) bond motifs is 1. The summed E-state index contributed by atoms with van der Waals surface area (Å²) in [6, 6.07) is 13.8. The lowest BCUT2D eigenvalue weighted by atomic mass is 9.91. The number of methoxy groups -OCH3 is 1. The summed E-state index contributed by atoms with van der Waals surface area (Å²) in [7, 11) is 2.48. The Kier molecular flexibility index (Phi) is 8.37. The quantitative estimate of drug-likeness (QED) is 0.138. The van der Waals surface area contributed by atoms with E-state index in [1.807, 2.05) is 0 Å². The number of carboxylic acid groups (broad SMARTS) is 1. The van der Waals surface area contributed by atoms with Crippen LogP contribution >= 0.6 is 0 Å². The highest BCUT2D eigenvalue weighted by Gasteiger charge is 2.42. The van der Waals surface area contributed by atoms with Crippen molar-refractivity contribution in [3.63, 3.8) is 0 Å². The Morgan fingerprint density at radius 1 is 1.00 bits per heavy atom. The summed E-state index contributed by atoms with van der Waals surface area (Å²) in [5.74, 6) is -2.61. The van der Waals surface area contributed by atoms with E-state index in [2.05, 4.69) is 5.16 Å². The van der Waals surface area contributed by atoms with Crippen molar-refractivity contribution < 1.29 is 41.4 Å². The third kappa shape index (κ3) is 5.49. The maximum absolute atomic E-state index is 15.7. The van der Waals surface area contributed by atoms with E-state index in [1.165, 1.54) is 39.3 Å².